The first-order valence-corrected chi connectivity index (χ1v) is 9.69. The Morgan fingerprint density at radius 3 is 2.13 bits per heavy atom. The maximum absolute atomic E-state index is 13.2. The number of ether oxygens (including phenoxy) is 3. The third-order valence-corrected chi connectivity index (χ3v) is 5.29. The van der Waals surface area contributed by atoms with Gasteiger partial charge in [-0.2, -0.15) is 0 Å². The molecule has 0 spiro atoms. The van der Waals surface area contributed by atoms with E-state index in [2.05, 4.69) is 5.32 Å². The van der Waals surface area contributed by atoms with E-state index < -0.39 is 6.17 Å². The number of benzene rings is 3. The van der Waals surface area contributed by atoms with Crippen molar-refractivity contribution in [2.75, 3.05) is 31.5 Å². The Morgan fingerprint density at radius 2 is 1.53 bits per heavy atom. The molecule has 0 radical (unpaired) electrons. The van der Waals surface area contributed by atoms with Crippen LogP contribution in [0.25, 0.3) is 0 Å². The molecule has 1 atom stereocenters. The molecule has 0 saturated carbocycles. The third-order valence-electron chi connectivity index (χ3n) is 5.04. The number of hydrogen-bond acceptors (Lipinski definition) is 5. The van der Waals surface area contributed by atoms with E-state index in [-0.39, 0.29) is 5.91 Å². The number of hydrogen-bond donors (Lipinski definition) is 1. The molecule has 4 rings (SSSR count). The molecule has 3 aromatic carbocycles. The molecular formula is C23H21ClN2O4. The monoisotopic (exact) mass is 424 g/mol. The number of amides is 1. The highest BCUT2D eigenvalue weighted by Gasteiger charge is 2.37. The van der Waals surface area contributed by atoms with E-state index in [4.69, 9.17) is 25.8 Å². The van der Waals surface area contributed by atoms with Gasteiger partial charge < -0.3 is 19.5 Å². The first-order valence-electron chi connectivity index (χ1n) is 9.32. The van der Waals surface area contributed by atoms with Gasteiger partial charge in [-0.05, 0) is 30.3 Å². The minimum absolute atomic E-state index is 0.0853. The summed E-state index contributed by atoms with van der Waals surface area (Å²) in [6, 6.07) is 18.4. The number of nitrogens with one attached hydrogen (secondary N) is 1. The second kappa shape index (κ2) is 8.16. The number of methoxy groups -OCH3 is 3. The van der Waals surface area contributed by atoms with Crippen LogP contribution in [0.15, 0.2) is 60.7 Å². The standard InChI is InChI=1S/C23H21ClN2O4/c1-28-19-12-15(13-20(29-2)21(19)30-3)25-22-17-6-4-5-7-18(17)23(27)26(22)16-10-8-14(24)9-11-16/h4-13,22,25H,1-3H3/t22-/m1/s1. The van der Waals surface area contributed by atoms with Gasteiger partial charge in [0.15, 0.2) is 11.5 Å². The number of carbonyl (C=O) groups is 1. The Balaban J connectivity index is 1.79. The maximum atomic E-state index is 13.2. The van der Waals surface area contributed by atoms with E-state index in [0.29, 0.717) is 27.8 Å². The number of nitrogens with zero attached hydrogens (tertiary/aromatic N) is 1. The first kappa shape index (κ1) is 19.9. The summed E-state index contributed by atoms with van der Waals surface area (Å²) in [7, 11) is 4.69. The van der Waals surface area contributed by atoms with E-state index in [0.717, 1.165) is 16.9 Å². The molecule has 0 saturated heterocycles. The van der Waals surface area contributed by atoms with Crippen LogP contribution in [0.4, 0.5) is 11.4 Å². The Kier molecular flexibility index (Phi) is 5.42. The number of fused-ring (bicyclic) bond motifs is 1. The highest BCUT2D eigenvalue weighted by atomic mass is 35.5. The lowest BCUT2D eigenvalue weighted by Crippen LogP contribution is -2.32. The molecule has 1 aliphatic heterocycles. The zero-order valence-corrected chi connectivity index (χ0v) is 17.6. The zero-order chi connectivity index (χ0) is 21.3. The predicted molar refractivity (Wildman–Crippen MR) is 117 cm³/mol. The molecule has 1 aliphatic rings. The van der Waals surface area contributed by atoms with Crippen LogP contribution in [-0.2, 0) is 0 Å². The molecule has 3 aromatic rings. The van der Waals surface area contributed by atoms with E-state index >= 15 is 0 Å². The van der Waals surface area contributed by atoms with E-state index in [1.165, 1.54) is 0 Å². The Morgan fingerprint density at radius 1 is 0.900 bits per heavy atom. The summed E-state index contributed by atoms with van der Waals surface area (Å²) in [4.78, 5) is 14.9. The van der Waals surface area contributed by atoms with Gasteiger partial charge in [-0.3, -0.25) is 9.69 Å². The maximum Gasteiger partial charge on any atom is 0.260 e. The van der Waals surface area contributed by atoms with Crippen molar-refractivity contribution in [3.63, 3.8) is 0 Å². The van der Waals surface area contributed by atoms with Gasteiger partial charge in [-0.1, -0.05) is 29.8 Å². The molecular weight excluding hydrogens is 404 g/mol. The van der Waals surface area contributed by atoms with Crippen molar-refractivity contribution in [3.8, 4) is 17.2 Å². The minimum atomic E-state index is -0.419. The molecule has 0 bridgehead atoms. The Labute approximate surface area is 179 Å². The summed E-state index contributed by atoms with van der Waals surface area (Å²) < 4.78 is 16.3. The molecule has 1 N–H and O–H groups in total. The van der Waals surface area contributed by atoms with Crippen molar-refractivity contribution >= 4 is 28.9 Å². The summed E-state index contributed by atoms with van der Waals surface area (Å²) in [6.45, 7) is 0. The van der Waals surface area contributed by atoms with E-state index in [1.807, 2.05) is 48.5 Å². The fourth-order valence-electron chi connectivity index (χ4n) is 3.65. The minimum Gasteiger partial charge on any atom is -0.493 e. The second-order valence-electron chi connectivity index (χ2n) is 6.70. The molecule has 0 unspecified atom stereocenters. The van der Waals surface area contributed by atoms with Crippen molar-refractivity contribution in [1.29, 1.82) is 0 Å². The SMILES string of the molecule is COc1cc(N[C@H]2c3ccccc3C(=O)N2c2ccc(Cl)cc2)cc(OC)c1OC. The smallest absolute Gasteiger partial charge is 0.260 e. The van der Waals surface area contributed by atoms with Crippen LogP contribution in [0.2, 0.25) is 5.02 Å². The number of anilines is 2. The lowest BCUT2D eigenvalue weighted by Gasteiger charge is -2.28. The third kappa shape index (κ3) is 3.39. The van der Waals surface area contributed by atoms with Crippen LogP contribution in [0.5, 0.6) is 17.2 Å². The molecule has 6 nitrogen and oxygen atoms in total. The zero-order valence-electron chi connectivity index (χ0n) is 16.8. The molecule has 30 heavy (non-hydrogen) atoms. The fraction of sp³-hybridized carbons (Fsp3) is 0.174. The highest BCUT2D eigenvalue weighted by Crippen LogP contribution is 2.43. The molecule has 7 heteroatoms. The van der Waals surface area contributed by atoms with Crippen LogP contribution in [0.3, 0.4) is 0 Å². The van der Waals surface area contributed by atoms with Gasteiger partial charge in [0.05, 0.1) is 21.3 Å². The number of halogens is 1. The van der Waals surface area contributed by atoms with E-state index in [1.54, 1.807) is 38.4 Å². The van der Waals surface area contributed by atoms with Gasteiger partial charge in [-0.15, -0.1) is 0 Å². The van der Waals surface area contributed by atoms with Gasteiger partial charge >= 0.3 is 0 Å². The van der Waals surface area contributed by atoms with Crippen molar-refractivity contribution in [2.24, 2.45) is 0 Å². The topological polar surface area (TPSA) is 60.0 Å². The Bertz CT molecular complexity index is 1060. The molecule has 1 amide bonds. The quantitative estimate of drug-likeness (QED) is 0.594. The van der Waals surface area contributed by atoms with E-state index in [9.17, 15) is 4.79 Å². The van der Waals surface area contributed by atoms with Crippen molar-refractivity contribution < 1.29 is 19.0 Å². The molecule has 0 aromatic heterocycles. The van der Waals surface area contributed by atoms with Gasteiger partial charge in [0.1, 0.15) is 6.17 Å². The first-order chi connectivity index (χ1) is 14.6. The lowest BCUT2D eigenvalue weighted by molar-refractivity contribution is 0.0993. The summed E-state index contributed by atoms with van der Waals surface area (Å²) >= 11 is 6.05. The van der Waals surface area contributed by atoms with Crippen molar-refractivity contribution in [1.82, 2.24) is 0 Å². The fourth-order valence-corrected chi connectivity index (χ4v) is 3.77. The number of rotatable bonds is 6. The average Bonchev–Trinajstić information content (AvgIpc) is 3.05. The molecule has 0 aliphatic carbocycles. The average molecular weight is 425 g/mol. The van der Waals surface area contributed by atoms with Crippen LogP contribution >= 0.6 is 11.6 Å². The van der Waals surface area contributed by atoms with Gasteiger partial charge in [0.2, 0.25) is 5.75 Å². The molecule has 0 fully saturated rings. The normalized spacial score (nSPS) is 15.0. The molecule has 1 heterocycles. The number of carbonyl (C=O) groups excluding carboxylic acids is 1. The largest absolute Gasteiger partial charge is 0.493 e. The highest BCUT2D eigenvalue weighted by molar-refractivity contribution is 6.30. The van der Waals surface area contributed by atoms with Gasteiger partial charge in [0, 0.05) is 39.7 Å². The molecule has 154 valence electrons. The lowest BCUT2D eigenvalue weighted by atomic mass is 10.1. The summed E-state index contributed by atoms with van der Waals surface area (Å²) in [5.74, 6) is 1.46. The second-order valence-corrected chi connectivity index (χ2v) is 7.14. The van der Waals surface area contributed by atoms with Gasteiger partial charge in [0.25, 0.3) is 5.91 Å². The summed E-state index contributed by atoms with van der Waals surface area (Å²) in [6.07, 6.45) is -0.419. The van der Waals surface area contributed by atoms with Crippen LogP contribution < -0.4 is 24.4 Å². The Hall–Kier alpha value is -3.38. The van der Waals surface area contributed by atoms with Crippen molar-refractivity contribution in [2.45, 2.75) is 6.17 Å². The summed E-state index contributed by atoms with van der Waals surface area (Å²) in [5.41, 5.74) is 2.99. The summed E-state index contributed by atoms with van der Waals surface area (Å²) in [5, 5.41) is 4.06. The van der Waals surface area contributed by atoms with Crippen LogP contribution in [0, 0.1) is 0 Å². The van der Waals surface area contributed by atoms with Crippen LogP contribution in [-0.4, -0.2) is 27.2 Å². The van der Waals surface area contributed by atoms with Gasteiger partial charge in [-0.25, -0.2) is 0 Å². The van der Waals surface area contributed by atoms with Crippen LogP contribution in [0.1, 0.15) is 22.1 Å². The van der Waals surface area contributed by atoms with Crippen molar-refractivity contribution in [3.05, 3.63) is 76.8 Å². The predicted octanol–water partition coefficient (Wildman–Crippen LogP) is 5.14.